The summed E-state index contributed by atoms with van der Waals surface area (Å²) in [7, 11) is 0. The van der Waals surface area contributed by atoms with Crippen molar-refractivity contribution in [1.82, 2.24) is 0 Å². The fourth-order valence-corrected chi connectivity index (χ4v) is 1.10. The van der Waals surface area contributed by atoms with E-state index >= 15 is 0 Å². The molecule has 0 bridgehead atoms. The third-order valence-corrected chi connectivity index (χ3v) is 2.94. The van der Waals surface area contributed by atoms with Crippen molar-refractivity contribution in [3.8, 4) is 5.75 Å². The van der Waals surface area contributed by atoms with Gasteiger partial charge in [0.05, 0.1) is 17.6 Å². The van der Waals surface area contributed by atoms with E-state index in [9.17, 15) is 10.1 Å². The smallest absolute Gasteiger partial charge is 0.273 e. The van der Waals surface area contributed by atoms with E-state index in [-0.39, 0.29) is 11.1 Å². The highest BCUT2D eigenvalue weighted by molar-refractivity contribution is 7.80. The van der Waals surface area contributed by atoms with E-state index in [0.29, 0.717) is 18.1 Å². The van der Waals surface area contributed by atoms with E-state index in [0.717, 1.165) is 0 Å². The van der Waals surface area contributed by atoms with E-state index in [4.69, 9.17) is 4.74 Å². The lowest BCUT2D eigenvalue weighted by Crippen LogP contribution is -2.23. The summed E-state index contributed by atoms with van der Waals surface area (Å²) < 4.78 is 5.50. The summed E-state index contributed by atoms with van der Waals surface area (Å²) in [4.78, 5) is 10.1. The molecule has 16 heavy (non-hydrogen) atoms. The van der Waals surface area contributed by atoms with Gasteiger partial charge < -0.3 is 4.74 Å². The monoisotopic (exact) mass is 241 g/mol. The van der Waals surface area contributed by atoms with Crippen LogP contribution in [0.4, 0.5) is 5.69 Å². The largest absolute Gasteiger partial charge is 0.493 e. The van der Waals surface area contributed by atoms with Gasteiger partial charge in [-0.15, -0.1) is 0 Å². The van der Waals surface area contributed by atoms with Crippen LogP contribution in [0.5, 0.6) is 5.75 Å². The number of nitrogens with zero attached hydrogens (tertiary/aromatic N) is 1. The van der Waals surface area contributed by atoms with Crippen molar-refractivity contribution in [2.24, 2.45) is 5.41 Å². The number of ether oxygens (including phenoxy) is 1. The van der Waals surface area contributed by atoms with Crippen molar-refractivity contribution in [3.63, 3.8) is 0 Å². The molecule has 0 unspecified atom stereocenters. The van der Waals surface area contributed by atoms with Crippen molar-refractivity contribution in [2.75, 3.05) is 12.4 Å². The summed E-state index contributed by atoms with van der Waals surface area (Å²) in [5, 5.41) is 10.5. The summed E-state index contributed by atoms with van der Waals surface area (Å²) in [6, 6.07) is 6.19. The standard InChI is InChI=1S/C11H15NO3S/c1-11(2,8-16)7-15-10-5-3-4-9(6-10)12(13)14/h3-6,16H,7-8H2,1-2H3. The van der Waals surface area contributed by atoms with Gasteiger partial charge in [0.25, 0.3) is 5.69 Å². The van der Waals surface area contributed by atoms with Crippen LogP contribution in [0.2, 0.25) is 0 Å². The van der Waals surface area contributed by atoms with Crippen LogP contribution < -0.4 is 4.74 Å². The predicted molar refractivity (Wildman–Crippen MR) is 66.2 cm³/mol. The zero-order valence-corrected chi connectivity index (χ0v) is 10.2. The molecule has 4 nitrogen and oxygen atoms in total. The number of thiol groups is 1. The molecule has 0 saturated heterocycles. The maximum Gasteiger partial charge on any atom is 0.273 e. The van der Waals surface area contributed by atoms with Crippen LogP contribution in [0.25, 0.3) is 0 Å². The first-order valence-corrected chi connectivity index (χ1v) is 5.56. The number of nitro benzene ring substituents is 1. The first-order chi connectivity index (χ1) is 7.44. The zero-order chi connectivity index (χ0) is 12.2. The Morgan fingerprint density at radius 2 is 2.19 bits per heavy atom. The van der Waals surface area contributed by atoms with Gasteiger partial charge in [-0.05, 0) is 11.8 Å². The first kappa shape index (κ1) is 12.8. The second kappa shape index (κ2) is 5.21. The number of benzene rings is 1. The van der Waals surface area contributed by atoms with Gasteiger partial charge in [0, 0.05) is 11.5 Å². The van der Waals surface area contributed by atoms with Gasteiger partial charge in [0.15, 0.2) is 0 Å². The van der Waals surface area contributed by atoms with Gasteiger partial charge in [0.1, 0.15) is 5.75 Å². The molecule has 0 aromatic heterocycles. The van der Waals surface area contributed by atoms with E-state index in [1.54, 1.807) is 12.1 Å². The predicted octanol–water partition coefficient (Wildman–Crippen LogP) is 2.93. The Labute approximate surface area is 100 Å². The van der Waals surface area contributed by atoms with Crippen LogP contribution in [-0.4, -0.2) is 17.3 Å². The highest BCUT2D eigenvalue weighted by atomic mass is 32.1. The van der Waals surface area contributed by atoms with Gasteiger partial charge in [0.2, 0.25) is 0 Å². The SMILES string of the molecule is CC(C)(CS)COc1cccc([N+](=O)[O-])c1. The van der Waals surface area contributed by atoms with E-state index in [1.807, 2.05) is 13.8 Å². The minimum absolute atomic E-state index is 0.0428. The summed E-state index contributed by atoms with van der Waals surface area (Å²) in [5.74, 6) is 1.21. The third-order valence-electron chi connectivity index (χ3n) is 2.09. The van der Waals surface area contributed by atoms with Gasteiger partial charge in [-0.1, -0.05) is 19.9 Å². The average Bonchev–Trinajstić information content (AvgIpc) is 2.27. The normalized spacial score (nSPS) is 11.2. The molecule has 0 radical (unpaired) electrons. The lowest BCUT2D eigenvalue weighted by Gasteiger charge is -2.21. The number of hydrogen-bond acceptors (Lipinski definition) is 4. The number of non-ortho nitro benzene ring substituents is 1. The van der Waals surface area contributed by atoms with Crippen molar-refractivity contribution in [1.29, 1.82) is 0 Å². The molecule has 0 spiro atoms. The van der Waals surface area contributed by atoms with Gasteiger partial charge in [-0.3, -0.25) is 10.1 Å². The highest BCUT2D eigenvalue weighted by Gasteiger charge is 2.17. The molecule has 0 atom stereocenters. The Hall–Kier alpha value is -1.23. The topological polar surface area (TPSA) is 52.4 Å². The van der Waals surface area contributed by atoms with Crippen LogP contribution >= 0.6 is 12.6 Å². The molecule has 0 aliphatic rings. The maximum atomic E-state index is 10.5. The molecule has 0 aliphatic heterocycles. The molecule has 0 fully saturated rings. The fraction of sp³-hybridized carbons (Fsp3) is 0.455. The number of nitro groups is 1. The molecule has 1 aromatic rings. The molecule has 0 heterocycles. The van der Waals surface area contributed by atoms with Gasteiger partial charge >= 0.3 is 0 Å². The number of hydrogen-bond donors (Lipinski definition) is 1. The van der Waals surface area contributed by atoms with Crippen molar-refractivity contribution in [2.45, 2.75) is 13.8 Å². The third kappa shape index (κ3) is 3.73. The zero-order valence-electron chi connectivity index (χ0n) is 9.34. The van der Waals surface area contributed by atoms with Crippen LogP contribution in [0, 0.1) is 15.5 Å². The average molecular weight is 241 g/mol. The summed E-state index contributed by atoms with van der Waals surface area (Å²) in [6.07, 6.45) is 0. The van der Waals surface area contributed by atoms with E-state index in [2.05, 4.69) is 12.6 Å². The Morgan fingerprint density at radius 1 is 1.50 bits per heavy atom. The lowest BCUT2D eigenvalue weighted by molar-refractivity contribution is -0.384. The van der Waals surface area contributed by atoms with Crippen molar-refractivity contribution in [3.05, 3.63) is 34.4 Å². The summed E-state index contributed by atoms with van der Waals surface area (Å²) in [5.41, 5.74) is -0.00513. The molecular weight excluding hydrogens is 226 g/mol. The fourth-order valence-electron chi connectivity index (χ4n) is 1.01. The molecule has 1 rings (SSSR count). The number of rotatable bonds is 5. The van der Waals surface area contributed by atoms with Gasteiger partial charge in [-0.25, -0.2) is 0 Å². The molecule has 0 N–H and O–H groups in total. The molecule has 0 amide bonds. The second-order valence-electron chi connectivity index (χ2n) is 4.37. The van der Waals surface area contributed by atoms with Crippen LogP contribution in [0.1, 0.15) is 13.8 Å². The van der Waals surface area contributed by atoms with Crippen LogP contribution in [0.3, 0.4) is 0 Å². The van der Waals surface area contributed by atoms with E-state index in [1.165, 1.54) is 12.1 Å². The molecule has 0 aliphatic carbocycles. The maximum absolute atomic E-state index is 10.5. The van der Waals surface area contributed by atoms with Crippen molar-refractivity contribution < 1.29 is 9.66 Å². The second-order valence-corrected chi connectivity index (χ2v) is 4.68. The minimum Gasteiger partial charge on any atom is -0.493 e. The Balaban J connectivity index is 2.68. The Bertz CT molecular complexity index is 379. The summed E-state index contributed by atoms with van der Waals surface area (Å²) in [6.45, 7) is 4.53. The van der Waals surface area contributed by atoms with Crippen LogP contribution in [-0.2, 0) is 0 Å². The molecule has 0 saturated carbocycles. The minimum atomic E-state index is -0.434. The molecule has 1 aromatic carbocycles. The Kier molecular flexibility index (Phi) is 4.18. The molecule has 88 valence electrons. The summed E-state index contributed by atoms with van der Waals surface area (Å²) >= 11 is 4.21. The van der Waals surface area contributed by atoms with Gasteiger partial charge in [-0.2, -0.15) is 12.6 Å². The first-order valence-electron chi connectivity index (χ1n) is 4.93. The highest BCUT2D eigenvalue weighted by Crippen LogP contribution is 2.23. The Morgan fingerprint density at radius 3 is 2.75 bits per heavy atom. The molecular formula is C11H15NO3S. The van der Waals surface area contributed by atoms with Crippen molar-refractivity contribution >= 4 is 18.3 Å². The molecule has 5 heteroatoms. The lowest BCUT2D eigenvalue weighted by atomic mass is 9.98. The van der Waals surface area contributed by atoms with Crippen LogP contribution in [0.15, 0.2) is 24.3 Å². The quantitative estimate of drug-likeness (QED) is 0.490. The van der Waals surface area contributed by atoms with E-state index < -0.39 is 4.92 Å².